The lowest BCUT2D eigenvalue weighted by Crippen LogP contribution is -2.26. The molecule has 0 saturated heterocycles. The molecule has 0 unspecified atom stereocenters. The average molecular weight is 386 g/mol. The fourth-order valence-corrected chi connectivity index (χ4v) is 3.47. The highest BCUT2D eigenvalue weighted by Crippen LogP contribution is 2.12. The van der Waals surface area contributed by atoms with Crippen molar-refractivity contribution < 1.29 is 13.2 Å². The molecule has 142 valence electrons. The summed E-state index contributed by atoms with van der Waals surface area (Å²) in [6.07, 6.45) is 1.53. The zero-order valence-corrected chi connectivity index (χ0v) is 15.8. The van der Waals surface area contributed by atoms with E-state index in [1.165, 1.54) is 7.05 Å². The Bertz CT molecular complexity index is 994. The van der Waals surface area contributed by atoms with E-state index >= 15 is 0 Å². The van der Waals surface area contributed by atoms with E-state index in [1.54, 1.807) is 24.3 Å². The van der Waals surface area contributed by atoms with Crippen LogP contribution in [0.4, 0.5) is 0 Å². The molecule has 0 aliphatic heterocycles. The van der Waals surface area contributed by atoms with Gasteiger partial charge in [-0.25, -0.2) is 18.1 Å². The number of aryl methyl sites for hydroxylation is 1. The summed E-state index contributed by atoms with van der Waals surface area (Å²) in [6, 6.07) is 14.3. The molecule has 3 rings (SSSR count). The normalized spacial score (nSPS) is 11.6. The minimum absolute atomic E-state index is 0.0435. The Hall–Kier alpha value is -2.71. The number of sulfonamides is 1. The van der Waals surface area contributed by atoms with Gasteiger partial charge >= 0.3 is 0 Å². The Balaban J connectivity index is 1.44. The van der Waals surface area contributed by atoms with Crippen molar-refractivity contribution in [3.63, 3.8) is 0 Å². The topological polar surface area (TPSA) is 104 Å². The summed E-state index contributed by atoms with van der Waals surface area (Å²) in [5.41, 5.74) is 2.82. The number of H-pyrrole nitrogens is 1. The van der Waals surface area contributed by atoms with E-state index < -0.39 is 10.0 Å². The third-order valence-electron chi connectivity index (χ3n) is 4.27. The Labute approximate surface area is 158 Å². The Morgan fingerprint density at radius 2 is 1.81 bits per heavy atom. The van der Waals surface area contributed by atoms with E-state index in [0.717, 1.165) is 22.4 Å². The van der Waals surface area contributed by atoms with Gasteiger partial charge in [0.15, 0.2) is 0 Å². The first-order valence-corrected chi connectivity index (χ1v) is 10.2. The number of nitrogens with one attached hydrogen (secondary N) is 3. The zero-order valence-electron chi connectivity index (χ0n) is 15.0. The third-order valence-corrected chi connectivity index (χ3v) is 5.70. The van der Waals surface area contributed by atoms with Crippen LogP contribution in [0.5, 0.6) is 0 Å². The number of benzene rings is 2. The number of carbonyl (C=O) groups excluding carboxylic acids is 1. The third kappa shape index (κ3) is 4.93. The second-order valence-corrected chi connectivity index (χ2v) is 8.04. The van der Waals surface area contributed by atoms with E-state index in [2.05, 4.69) is 20.0 Å². The number of nitrogens with zero attached hydrogens (tertiary/aromatic N) is 1. The van der Waals surface area contributed by atoms with Gasteiger partial charge in [-0.1, -0.05) is 24.3 Å². The zero-order chi connectivity index (χ0) is 19.3. The second kappa shape index (κ2) is 8.32. The van der Waals surface area contributed by atoms with Crippen LogP contribution < -0.4 is 10.0 Å². The minimum atomic E-state index is -3.43. The number of aromatic nitrogens is 2. The first-order valence-electron chi connectivity index (χ1n) is 8.71. The van der Waals surface area contributed by atoms with E-state index in [0.29, 0.717) is 25.8 Å². The van der Waals surface area contributed by atoms with Crippen LogP contribution in [0.25, 0.3) is 11.0 Å². The van der Waals surface area contributed by atoms with Gasteiger partial charge in [0, 0.05) is 19.4 Å². The van der Waals surface area contributed by atoms with Gasteiger partial charge in [0.05, 0.1) is 15.9 Å². The highest BCUT2D eigenvalue weighted by molar-refractivity contribution is 7.89. The highest BCUT2D eigenvalue weighted by Gasteiger charge is 2.11. The quantitative estimate of drug-likeness (QED) is 0.549. The van der Waals surface area contributed by atoms with Crippen molar-refractivity contribution in [1.82, 2.24) is 20.0 Å². The van der Waals surface area contributed by atoms with Crippen molar-refractivity contribution in [2.75, 3.05) is 13.6 Å². The molecule has 1 amide bonds. The number of fused-ring (bicyclic) bond motifs is 1. The van der Waals surface area contributed by atoms with E-state index in [9.17, 15) is 13.2 Å². The summed E-state index contributed by atoms with van der Waals surface area (Å²) >= 11 is 0. The SMILES string of the molecule is CNS(=O)(=O)c1ccc(CCC(=O)NCCc2nc3ccccc3[nH]2)cc1. The summed E-state index contributed by atoms with van der Waals surface area (Å²) in [5, 5.41) is 2.89. The van der Waals surface area contributed by atoms with Crippen LogP contribution in [0.3, 0.4) is 0 Å². The number of hydrogen-bond donors (Lipinski definition) is 3. The molecule has 0 saturated carbocycles. The van der Waals surface area contributed by atoms with Crippen LogP contribution in [0.2, 0.25) is 0 Å². The van der Waals surface area contributed by atoms with Gasteiger partial charge in [-0.2, -0.15) is 0 Å². The molecule has 1 aromatic heterocycles. The number of para-hydroxylation sites is 2. The molecule has 0 aliphatic carbocycles. The molecule has 2 aromatic carbocycles. The van der Waals surface area contributed by atoms with Crippen LogP contribution in [0.15, 0.2) is 53.4 Å². The van der Waals surface area contributed by atoms with Gasteiger partial charge in [0.2, 0.25) is 15.9 Å². The lowest BCUT2D eigenvalue weighted by atomic mass is 10.1. The van der Waals surface area contributed by atoms with E-state index in [1.807, 2.05) is 24.3 Å². The largest absolute Gasteiger partial charge is 0.356 e. The Kier molecular flexibility index (Phi) is 5.88. The summed E-state index contributed by atoms with van der Waals surface area (Å²) in [5.74, 6) is 0.802. The Morgan fingerprint density at radius 3 is 2.52 bits per heavy atom. The lowest BCUT2D eigenvalue weighted by molar-refractivity contribution is -0.121. The number of aromatic amines is 1. The van der Waals surface area contributed by atoms with Gasteiger partial charge in [-0.05, 0) is 43.3 Å². The van der Waals surface area contributed by atoms with Gasteiger partial charge < -0.3 is 10.3 Å². The lowest BCUT2D eigenvalue weighted by Gasteiger charge is -2.06. The second-order valence-electron chi connectivity index (χ2n) is 6.15. The first-order chi connectivity index (χ1) is 13.0. The average Bonchev–Trinajstić information content (AvgIpc) is 3.09. The molecule has 0 spiro atoms. The van der Waals surface area contributed by atoms with Gasteiger partial charge in [0.25, 0.3) is 0 Å². The number of carbonyl (C=O) groups is 1. The van der Waals surface area contributed by atoms with E-state index in [4.69, 9.17) is 0 Å². The van der Waals surface area contributed by atoms with Crippen LogP contribution in [0, 0.1) is 0 Å². The van der Waals surface area contributed by atoms with Crippen LogP contribution >= 0.6 is 0 Å². The van der Waals surface area contributed by atoms with Gasteiger partial charge in [-0.15, -0.1) is 0 Å². The molecule has 0 radical (unpaired) electrons. The van der Waals surface area contributed by atoms with E-state index in [-0.39, 0.29) is 10.8 Å². The summed E-state index contributed by atoms with van der Waals surface area (Å²) in [7, 11) is -2.06. The molecular weight excluding hydrogens is 364 g/mol. The smallest absolute Gasteiger partial charge is 0.240 e. The molecule has 0 bridgehead atoms. The molecule has 0 atom stereocenters. The molecule has 27 heavy (non-hydrogen) atoms. The van der Waals surface area contributed by atoms with Crippen molar-refractivity contribution in [2.45, 2.75) is 24.2 Å². The monoisotopic (exact) mass is 386 g/mol. The number of amides is 1. The summed E-state index contributed by atoms with van der Waals surface area (Å²) in [4.78, 5) is 19.9. The fraction of sp³-hybridized carbons (Fsp3) is 0.263. The van der Waals surface area contributed by atoms with Crippen molar-refractivity contribution in [3.8, 4) is 0 Å². The Morgan fingerprint density at radius 1 is 1.07 bits per heavy atom. The number of hydrogen-bond acceptors (Lipinski definition) is 4. The maximum absolute atomic E-state index is 12.0. The fourth-order valence-electron chi connectivity index (χ4n) is 2.74. The predicted molar refractivity (Wildman–Crippen MR) is 104 cm³/mol. The molecule has 3 aromatic rings. The van der Waals surface area contributed by atoms with Crippen molar-refractivity contribution in [1.29, 1.82) is 0 Å². The van der Waals surface area contributed by atoms with Crippen LogP contribution in [-0.2, 0) is 27.7 Å². The van der Waals surface area contributed by atoms with Gasteiger partial charge in [0.1, 0.15) is 5.82 Å². The molecule has 8 heteroatoms. The van der Waals surface area contributed by atoms with Gasteiger partial charge in [-0.3, -0.25) is 4.79 Å². The first kappa shape index (κ1) is 19.1. The molecular formula is C19H22N4O3S. The maximum Gasteiger partial charge on any atom is 0.240 e. The molecule has 0 aliphatic rings. The summed E-state index contributed by atoms with van der Waals surface area (Å²) < 4.78 is 25.6. The van der Waals surface area contributed by atoms with Crippen LogP contribution in [-0.4, -0.2) is 37.9 Å². The summed E-state index contributed by atoms with van der Waals surface area (Å²) in [6.45, 7) is 0.512. The van der Waals surface area contributed by atoms with Crippen molar-refractivity contribution in [2.24, 2.45) is 0 Å². The van der Waals surface area contributed by atoms with Crippen molar-refractivity contribution >= 4 is 27.0 Å². The predicted octanol–water partition coefficient (Wildman–Crippen LogP) is 1.76. The molecule has 7 nitrogen and oxygen atoms in total. The van der Waals surface area contributed by atoms with Crippen molar-refractivity contribution in [3.05, 3.63) is 59.9 Å². The minimum Gasteiger partial charge on any atom is -0.356 e. The maximum atomic E-state index is 12.0. The standard InChI is InChI=1S/C19H22N4O3S/c1-20-27(25,26)15-9-6-14(7-10-15)8-11-19(24)21-13-12-18-22-16-4-2-3-5-17(16)23-18/h2-7,9-10,20H,8,11-13H2,1H3,(H,21,24)(H,22,23). The highest BCUT2D eigenvalue weighted by atomic mass is 32.2. The molecule has 3 N–H and O–H groups in total. The van der Waals surface area contributed by atoms with Crippen LogP contribution in [0.1, 0.15) is 17.8 Å². The number of rotatable bonds is 8. The molecule has 1 heterocycles. The number of imidazole rings is 1. The molecule has 0 fully saturated rings.